The van der Waals surface area contributed by atoms with Gasteiger partial charge in [0.25, 0.3) is 5.56 Å². The third-order valence-corrected chi connectivity index (χ3v) is 7.78. The van der Waals surface area contributed by atoms with Gasteiger partial charge in [-0.3, -0.25) is 14.3 Å². The highest BCUT2D eigenvalue weighted by atomic mass is 32.2. The van der Waals surface area contributed by atoms with Gasteiger partial charge in [0.2, 0.25) is 15.9 Å². The minimum atomic E-state index is -3.57. The number of piperidine rings is 1. The van der Waals surface area contributed by atoms with Crippen molar-refractivity contribution in [2.75, 3.05) is 18.4 Å². The molecule has 34 heavy (non-hydrogen) atoms. The van der Waals surface area contributed by atoms with Crippen molar-refractivity contribution in [3.63, 3.8) is 0 Å². The van der Waals surface area contributed by atoms with E-state index in [9.17, 15) is 18.0 Å². The van der Waals surface area contributed by atoms with E-state index >= 15 is 0 Å². The molecule has 0 saturated carbocycles. The highest BCUT2D eigenvalue weighted by Gasteiger charge is 2.31. The van der Waals surface area contributed by atoms with Crippen LogP contribution in [0.15, 0.2) is 70.9 Å². The number of para-hydroxylation sites is 1. The lowest BCUT2D eigenvalue weighted by molar-refractivity contribution is -0.120. The zero-order valence-corrected chi connectivity index (χ0v) is 20.0. The Morgan fingerprint density at radius 2 is 1.59 bits per heavy atom. The van der Waals surface area contributed by atoms with E-state index in [1.165, 1.54) is 14.4 Å². The Morgan fingerprint density at radius 1 is 1.00 bits per heavy atom. The van der Waals surface area contributed by atoms with Crippen molar-refractivity contribution in [1.82, 2.24) is 13.7 Å². The first-order chi connectivity index (χ1) is 16.3. The number of anilines is 1. The number of amides is 1. The zero-order chi connectivity index (χ0) is 24.3. The van der Waals surface area contributed by atoms with Crippen LogP contribution in [0.5, 0.6) is 0 Å². The van der Waals surface area contributed by atoms with Crippen LogP contribution >= 0.6 is 0 Å². The van der Waals surface area contributed by atoms with E-state index in [2.05, 4.69) is 5.32 Å². The molecule has 1 aliphatic rings. The number of hydrogen-bond donors (Lipinski definition) is 1. The van der Waals surface area contributed by atoms with Gasteiger partial charge >= 0.3 is 0 Å². The first-order valence-corrected chi connectivity index (χ1v) is 12.7. The summed E-state index contributed by atoms with van der Waals surface area (Å²) in [6.45, 7) is 2.29. The van der Waals surface area contributed by atoms with E-state index in [0.717, 1.165) is 5.56 Å². The van der Waals surface area contributed by atoms with Gasteiger partial charge in [-0.2, -0.15) is 4.31 Å². The van der Waals surface area contributed by atoms with Crippen molar-refractivity contribution in [2.24, 2.45) is 13.0 Å². The van der Waals surface area contributed by atoms with Crippen LogP contribution in [0.3, 0.4) is 0 Å². The molecule has 0 atom stereocenters. The first kappa shape index (κ1) is 23.7. The van der Waals surface area contributed by atoms with Crippen LogP contribution in [0.25, 0.3) is 11.8 Å². The quantitative estimate of drug-likeness (QED) is 0.587. The summed E-state index contributed by atoms with van der Waals surface area (Å²) >= 11 is 0. The number of carbonyl (C=O) groups is 1. The van der Waals surface area contributed by atoms with E-state index in [4.69, 9.17) is 0 Å². The predicted molar refractivity (Wildman–Crippen MR) is 133 cm³/mol. The Kier molecular flexibility index (Phi) is 6.85. The largest absolute Gasteiger partial charge is 0.320 e. The molecule has 0 spiro atoms. The summed E-state index contributed by atoms with van der Waals surface area (Å²) in [4.78, 5) is 26.0. The fraction of sp³-hybridized carbons (Fsp3) is 0.280. The summed E-state index contributed by atoms with van der Waals surface area (Å²) in [5.74, 6) is -0.628. The number of rotatable bonds is 6. The smallest absolute Gasteiger partial charge is 0.295 e. The van der Waals surface area contributed by atoms with E-state index < -0.39 is 10.0 Å². The molecule has 0 radical (unpaired) electrons. The van der Waals surface area contributed by atoms with Gasteiger partial charge in [0.1, 0.15) is 5.69 Å². The summed E-state index contributed by atoms with van der Waals surface area (Å²) in [7, 11) is -1.80. The standard InChI is InChI=1S/C25H28N4O4S/c1-19-23(25(31)29(27(19)2)22-11-7-4-8-12-22)26-24(30)21-13-16-28(17-14-21)34(32,33)18-15-20-9-5-3-6-10-20/h3-12,15,18,21H,13-14,16-17H2,1-2H3,(H,26,30)/b18-15+. The number of nitrogens with zero attached hydrogens (tertiary/aromatic N) is 3. The zero-order valence-electron chi connectivity index (χ0n) is 19.2. The van der Waals surface area contributed by atoms with Gasteiger partial charge in [0, 0.05) is 31.5 Å². The Hall–Kier alpha value is -3.43. The van der Waals surface area contributed by atoms with Crippen LogP contribution in [0.4, 0.5) is 5.69 Å². The van der Waals surface area contributed by atoms with Gasteiger partial charge in [-0.25, -0.2) is 13.1 Å². The monoisotopic (exact) mass is 480 g/mol. The Labute approximate surface area is 199 Å². The van der Waals surface area contributed by atoms with Crippen LogP contribution < -0.4 is 10.9 Å². The van der Waals surface area contributed by atoms with Crippen LogP contribution in [-0.2, 0) is 21.9 Å². The lowest BCUT2D eigenvalue weighted by Crippen LogP contribution is -2.41. The SMILES string of the molecule is Cc1c(NC(=O)C2CCN(S(=O)(=O)/C=C/c3ccccc3)CC2)c(=O)n(-c2ccccc2)n1C. The van der Waals surface area contributed by atoms with Crippen molar-refractivity contribution < 1.29 is 13.2 Å². The number of hydrogen-bond acceptors (Lipinski definition) is 4. The summed E-state index contributed by atoms with van der Waals surface area (Å²) in [6, 6.07) is 18.5. The highest BCUT2D eigenvalue weighted by molar-refractivity contribution is 7.92. The number of nitrogens with one attached hydrogen (secondary N) is 1. The predicted octanol–water partition coefficient (Wildman–Crippen LogP) is 3.14. The fourth-order valence-corrected chi connectivity index (χ4v) is 5.35. The molecule has 2 heterocycles. The molecule has 0 bridgehead atoms. The highest BCUT2D eigenvalue weighted by Crippen LogP contribution is 2.23. The minimum absolute atomic E-state index is 0.247. The van der Waals surface area contributed by atoms with Gasteiger partial charge < -0.3 is 5.32 Å². The van der Waals surface area contributed by atoms with E-state index in [1.54, 1.807) is 24.7 Å². The molecular weight excluding hydrogens is 452 g/mol. The molecule has 3 aromatic rings. The average molecular weight is 481 g/mol. The van der Waals surface area contributed by atoms with E-state index in [-0.39, 0.29) is 36.2 Å². The number of benzene rings is 2. The maximum Gasteiger partial charge on any atom is 0.295 e. The maximum absolute atomic E-state index is 13.0. The maximum atomic E-state index is 13.0. The van der Waals surface area contributed by atoms with Crippen LogP contribution in [0, 0.1) is 12.8 Å². The molecule has 1 amide bonds. The Bertz CT molecular complexity index is 1350. The lowest BCUT2D eigenvalue weighted by atomic mass is 9.97. The van der Waals surface area contributed by atoms with E-state index in [1.807, 2.05) is 60.7 Å². The average Bonchev–Trinajstić information content (AvgIpc) is 3.07. The third-order valence-electron chi connectivity index (χ3n) is 6.22. The van der Waals surface area contributed by atoms with Gasteiger partial charge in [-0.1, -0.05) is 48.5 Å². The molecule has 178 valence electrons. The van der Waals surface area contributed by atoms with Crippen molar-refractivity contribution in [2.45, 2.75) is 19.8 Å². The molecule has 1 saturated heterocycles. The molecule has 2 aromatic carbocycles. The molecule has 0 unspecified atom stereocenters. The van der Waals surface area contributed by atoms with Crippen LogP contribution in [0.1, 0.15) is 24.1 Å². The van der Waals surface area contributed by atoms with Crippen molar-refractivity contribution in [1.29, 1.82) is 0 Å². The molecule has 4 rings (SSSR count). The lowest BCUT2D eigenvalue weighted by Gasteiger charge is -2.29. The van der Waals surface area contributed by atoms with Crippen LogP contribution in [-0.4, -0.2) is 41.1 Å². The summed E-state index contributed by atoms with van der Waals surface area (Å²) in [6.07, 6.45) is 2.36. The summed E-state index contributed by atoms with van der Waals surface area (Å²) < 4.78 is 30.0. The Balaban J connectivity index is 1.42. The third kappa shape index (κ3) is 4.90. The molecule has 9 heteroatoms. The second kappa shape index (κ2) is 9.82. The molecule has 8 nitrogen and oxygen atoms in total. The van der Waals surface area contributed by atoms with Crippen molar-refractivity contribution >= 4 is 27.7 Å². The molecule has 1 aliphatic heterocycles. The first-order valence-electron chi connectivity index (χ1n) is 11.2. The van der Waals surface area contributed by atoms with Gasteiger partial charge in [0.05, 0.1) is 11.4 Å². The Morgan fingerprint density at radius 3 is 2.21 bits per heavy atom. The van der Waals surface area contributed by atoms with Gasteiger partial charge in [-0.05, 0) is 43.5 Å². The minimum Gasteiger partial charge on any atom is -0.320 e. The molecule has 0 aliphatic carbocycles. The normalized spacial score (nSPS) is 15.6. The molecule has 1 N–H and O–H groups in total. The number of sulfonamides is 1. The topological polar surface area (TPSA) is 93.4 Å². The number of aromatic nitrogens is 2. The number of carbonyl (C=O) groups excluding carboxylic acids is 1. The second-order valence-corrected chi connectivity index (χ2v) is 10.2. The van der Waals surface area contributed by atoms with Crippen molar-refractivity contribution in [3.05, 3.63) is 87.7 Å². The summed E-state index contributed by atoms with van der Waals surface area (Å²) in [5.41, 5.74) is 2.11. The van der Waals surface area contributed by atoms with E-state index in [0.29, 0.717) is 24.2 Å². The fourth-order valence-electron chi connectivity index (χ4n) is 4.12. The molecular formula is C25H28N4O4S. The van der Waals surface area contributed by atoms with Crippen molar-refractivity contribution in [3.8, 4) is 5.69 Å². The van der Waals surface area contributed by atoms with Gasteiger partial charge in [0.15, 0.2) is 0 Å². The summed E-state index contributed by atoms with van der Waals surface area (Å²) in [5, 5.41) is 4.01. The molecule has 1 aromatic heterocycles. The van der Waals surface area contributed by atoms with Gasteiger partial charge in [-0.15, -0.1) is 0 Å². The second-order valence-electron chi connectivity index (χ2n) is 8.36. The van der Waals surface area contributed by atoms with Crippen LogP contribution in [0.2, 0.25) is 0 Å². The molecule has 1 fully saturated rings.